The molecule has 0 spiro atoms. The summed E-state index contributed by atoms with van der Waals surface area (Å²) in [6.07, 6.45) is -1.39. The lowest BCUT2D eigenvalue weighted by Crippen LogP contribution is -2.56. The van der Waals surface area contributed by atoms with Gasteiger partial charge in [0, 0.05) is 25.7 Å². The van der Waals surface area contributed by atoms with Gasteiger partial charge in [0.05, 0.1) is 18.0 Å². The molecule has 1 saturated heterocycles. The van der Waals surface area contributed by atoms with Crippen LogP contribution in [0.3, 0.4) is 0 Å². The summed E-state index contributed by atoms with van der Waals surface area (Å²) in [6, 6.07) is 4.60. The second kappa shape index (κ2) is 7.65. The summed E-state index contributed by atoms with van der Waals surface area (Å²) >= 11 is 0. The molecule has 1 atom stereocenters. The number of carbonyl (C=O) groups is 2. The molecule has 2 fully saturated rings. The number of benzene rings is 1. The van der Waals surface area contributed by atoms with Crippen LogP contribution in [0.25, 0.3) is 0 Å². The van der Waals surface area contributed by atoms with E-state index in [0.717, 1.165) is 31.4 Å². The van der Waals surface area contributed by atoms with E-state index in [1.165, 1.54) is 6.07 Å². The maximum atomic E-state index is 12.9. The summed E-state index contributed by atoms with van der Waals surface area (Å²) in [6.45, 7) is 1.10. The van der Waals surface area contributed by atoms with E-state index in [-0.39, 0.29) is 30.8 Å². The number of hydrogen-bond donors (Lipinski definition) is 2. The average Bonchev–Trinajstić information content (AvgIpc) is 2.54. The molecular formula is C18H22F3N3O2. The second-order valence-electron chi connectivity index (χ2n) is 6.87. The Morgan fingerprint density at radius 2 is 2.08 bits per heavy atom. The highest BCUT2D eigenvalue weighted by molar-refractivity contribution is 5.88. The number of amides is 2. The minimum absolute atomic E-state index is 0.0152. The van der Waals surface area contributed by atoms with Crippen LogP contribution in [0, 0.1) is 0 Å². The molecule has 2 N–H and O–H groups in total. The highest BCUT2D eigenvalue weighted by Crippen LogP contribution is 2.30. The van der Waals surface area contributed by atoms with Gasteiger partial charge in [-0.3, -0.25) is 14.5 Å². The van der Waals surface area contributed by atoms with Crippen molar-refractivity contribution in [2.75, 3.05) is 13.1 Å². The van der Waals surface area contributed by atoms with Crippen LogP contribution in [0.15, 0.2) is 24.3 Å². The highest BCUT2D eigenvalue weighted by Gasteiger charge is 2.34. The number of nitrogens with zero attached hydrogens (tertiary/aromatic N) is 1. The SMILES string of the molecule is O=C(C[C@@H]1C(=O)NCCN1Cc1cccc(C(F)(F)F)c1)NC1CCC1. The maximum absolute atomic E-state index is 12.9. The van der Waals surface area contributed by atoms with Gasteiger partial charge in [0.2, 0.25) is 11.8 Å². The molecule has 26 heavy (non-hydrogen) atoms. The van der Waals surface area contributed by atoms with Gasteiger partial charge in [-0.15, -0.1) is 0 Å². The fourth-order valence-corrected chi connectivity index (χ4v) is 3.27. The van der Waals surface area contributed by atoms with E-state index in [1.807, 2.05) is 0 Å². The van der Waals surface area contributed by atoms with Gasteiger partial charge < -0.3 is 10.6 Å². The van der Waals surface area contributed by atoms with Crippen molar-refractivity contribution in [1.29, 1.82) is 0 Å². The third kappa shape index (κ3) is 4.55. The first-order valence-corrected chi connectivity index (χ1v) is 8.80. The van der Waals surface area contributed by atoms with Crippen LogP contribution >= 0.6 is 0 Å². The molecule has 3 rings (SSSR count). The normalized spacial score (nSPS) is 21.8. The standard InChI is InChI=1S/C18H22F3N3O2/c19-18(20,21)13-4-1-3-12(9-13)11-24-8-7-22-17(26)15(24)10-16(25)23-14-5-2-6-14/h1,3-4,9,14-15H,2,5-8,10-11H2,(H,22,26)(H,23,25)/t15-/m1/s1. The Kier molecular flexibility index (Phi) is 5.50. The van der Waals surface area contributed by atoms with Gasteiger partial charge in [0.15, 0.2) is 0 Å². The van der Waals surface area contributed by atoms with E-state index in [4.69, 9.17) is 0 Å². The number of alkyl halides is 3. The zero-order valence-electron chi connectivity index (χ0n) is 14.3. The topological polar surface area (TPSA) is 61.4 Å². The number of rotatable bonds is 5. The molecule has 8 heteroatoms. The first kappa shape index (κ1) is 18.7. The monoisotopic (exact) mass is 369 g/mol. The van der Waals surface area contributed by atoms with Crippen LogP contribution in [0.2, 0.25) is 0 Å². The molecule has 1 aliphatic carbocycles. The smallest absolute Gasteiger partial charge is 0.353 e. The van der Waals surface area contributed by atoms with Gasteiger partial charge in [0.1, 0.15) is 0 Å². The minimum Gasteiger partial charge on any atom is -0.353 e. The van der Waals surface area contributed by atoms with Gasteiger partial charge in [-0.25, -0.2) is 0 Å². The molecule has 1 saturated carbocycles. The molecule has 0 unspecified atom stereocenters. The average molecular weight is 369 g/mol. The lowest BCUT2D eigenvalue weighted by atomic mass is 9.93. The molecule has 0 bridgehead atoms. The van der Waals surface area contributed by atoms with Crippen LogP contribution in [0.1, 0.15) is 36.8 Å². The van der Waals surface area contributed by atoms with E-state index < -0.39 is 17.8 Å². The van der Waals surface area contributed by atoms with Crippen molar-refractivity contribution in [3.8, 4) is 0 Å². The van der Waals surface area contributed by atoms with Crippen LogP contribution < -0.4 is 10.6 Å². The Labute approximate surface area is 149 Å². The third-order valence-corrected chi connectivity index (χ3v) is 4.93. The number of halogens is 3. The van der Waals surface area contributed by atoms with Crippen molar-refractivity contribution in [3.63, 3.8) is 0 Å². The van der Waals surface area contributed by atoms with Gasteiger partial charge >= 0.3 is 6.18 Å². The van der Waals surface area contributed by atoms with E-state index >= 15 is 0 Å². The summed E-state index contributed by atoms with van der Waals surface area (Å²) in [4.78, 5) is 26.2. The van der Waals surface area contributed by atoms with E-state index in [2.05, 4.69) is 10.6 Å². The van der Waals surface area contributed by atoms with Crippen molar-refractivity contribution >= 4 is 11.8 Å². The Bertz CT molecular complexity index is 674. The molecule has 1 aromatic rings. The largest absolute Gasteiger partial charge is 0.416 e. The van der Waals surface area contributed by atoms with Crippen molar-refractivity contribution in [1.82, 2.24) is 15.5 Å². The van der Waals surface area contributed by atoms with Crippen molar-refractivity contribution in [3.05, 3.63) is 35.4 Å². The highest BCUT2D eigenvalue weighted by atomic mass is 19.4. The Balaban J connectivity index is 1.67. The predicted molar refractivity (Wildman–Crippen MR) is 89.1 cm³/mol. The molecule has 142 valence electrons. The van der Waals surface area contributed by atoms with Crippen molar-refractivity contribution < 1.29 is 22.8 Å². The van der Waals surface area contributed by atoms with Crippen LogP contribution in [-0.2, 0) is 22.3 Å². The molecule has 0 radical (unpaired) electrons. The molecule has 2 aliphatic rings. The number of piperazine rings is 1. The Morgan fingerprint density at radius 3 is 2.73 bits per heavy atom. The fraction of sp³-hybridized carbons (Fsp3) is 0.556. The molecule has 1 aromatic carbocycles. The third-order valence-electron chi connectivity index (χ3n) is 4.93. The zero-order valence-corrected chi connectivity index (χ0v) is 14.3. The minimum atomic E-state index is -4.41. The molecule has 2 amide bonds. The van der Waals surface area contributed by atoms with Gasteiger partial charge in [-0.1, -0.05) is 18.2 Å². The Hall–Kier alpha value is -2.09. The van der Waals surface area contributed by atoms with Crippen LogP contribution in [0.4, 0.5) is 13.2 Å². The van der Waals surface area contributed by atoms with Crippen molar-refractivity contribution in [2.24, 2.45) is 0 Å². The number of carbonyl (C=O) groups excluding carboxylic acids is 2. The van der Waals surface area contributed by atoms with Gasteiger partial charge in [-0.2, -0.15) is 13.2 Å². The predicted octanol–water partition coefficient (Wildman–Crippen LogP) is 2.06. The second-order valence-corrected chi connectivity index (χ2v) is 6.87. The maximum Gasteiger partial charge on any atom is 0.416 e. The molecular weight excluding hydrogens is 347 g/mol. The van der Waals surface area contributed by atoms with Gasteiger partial charge in [0.25, 0.3) is 0 Å². The van der Waals surface area contributed by atoms with E-state index in [1.54, 1.807) is 11.0 Å². The van der Waals surface area contributed by atoms with Crippen LogP contribution in [-0.4, -0.2) is 41.9 Å². The molecule has 5 nitrogen and oxygen atoms in total. The lowest BCUT2D eigenvalue weighted by Gasteiger charge is -2.35. The number of hydrogen-bond acceptors (Lipinski definition) is 3. The molecule has 1 heterocycles. The summed E-state index contributed by atoms with van der Waals surface area (Å²) in [7, 11) is 0. The van der Waals surface area contributed by atoms with Crippen molar-refractivity contribution in [2.45, 2.75) is 50.5 Å². The first-order chi connectivity index (χ1) is 12.3. The summed E-state index contributed by atoms with van der Waals surface area (Å²) in [5.74, 6) is -0.447. The first-order valence-electron chi connectivity index (χ1n) is 8.80. The number of nitrogens with one attached hydrogen (secondary N) is 2. The Morgan fingerprint density at radius 1 is 1.31 bits per heavy atom. The quantitative estimate of drug-likeness (QED) is 0.835. The fourth-order valence-electron chi connectivity index (χ4n) is 3.27. The lowest BCUT2D eigenvalue weighted by molar-refractivity contribution is -0.137. The van der Waals surface area contributed by atoms with Crippen LogP contribution in [0.5, 0.6) is 0 Å². The summed E-state index contributed by atoms with van der Waals surface area (Å²) in [5, 5.41) is 5.63. The molecule has 0 aromatic heterocycles. The summed E-state index contributed by atoms with van der Waals surface area (Å²) in [5.41, 5.74) is -0.241. The van der Waals surface area contributed by atoms with Gasteiger partial charge in [-0.05, 0) is 30.9 Å². The zero-order chi connectivity index (χ0) is 18.7. The summed E-state index contributed by atoms with van der Waals surface area (Å²) < 4.78 is 38.7. The van der Waals surface area contributed by atoms with E-state index in [9.17, 15) is 22.8 Å². The van der Waals surface area contributed by atoms with E-state index in [0.29, 0.717) is 18.7 Å². The molecule has 1 aliphatic heterocycles.